The highest BCUT2D eigenvalue weighted by atomic mass is 32.2. The molecule has 5 nitrogen and oxygen atoms in total. The number of halogens is 3. The summed E-state index contributed by atoms with van der Waals surface area (Å²) in [6, 6.07) is 8.98. The number of aromatic amines is 1. The molecule has 3 aromatic rings. The van der Waals surface area contributed by atoms with E-state index in [9.17, 15) is 17.4 Å². The Hall–Kier alpha value is -2.42. The predicted octanol–water partition coefficient (Wildman–Crippen LogP) is 4.30. The number of nitrogens with zero attached hydrogens (tertiary/aromatic N) is 2. The van der Waals surface area contributed by atoms with E-state index in [-0.39, 0.29) is 18.8 Å². The second-order valence-electron chi connectivity index (χ2n) is 6.00. The molecule has 0 aliphatic rings. The fourth-order valence-electron chi connectivity index (χ4n) is 2.55. The molecular weight excluding hydrogens is 379 g/mol. The van der Waals surface area contributed by atoms with Crippen LogP contribution in [0.15, 0.2) is 41.7 Å². The molecule has 0 spiro atoms. The number of hydrogen-bond donors (Lipinski definition) is 1. The van der Waals surface area contributed by atoms with Crippen LogP contribution in [-0.2, 0) is 16.6 Å². The fourth-order valence-corrected chi connectivity index (χ4v) is 3.65. The summed E-state index contributed by atoms with van der Waals surface area (Å²) in [6.07, 6.45) is -3.70. The van der Waals surface area contributed by atoms with Gasteiger partial charge in [-0.25, -0.2) is 4.98 Å². The van der Waals surface area contributed by atoms with Gasteiger partial charge in [0.05, 0.1) is 39.9 Å². The Morgan fingerprint density at radius 2 is 2.00 bits per heavy atom. The van der Waals surface area contributed by atoms with Crippen molar-refractivity contribution in [2.75, 3.05) is 6.61 Å². The van der Waals surface area contributed by atoms with E-state index in [1.54, 1.807) is 13.0 Å². The summed E-state index contributed by atoms with van der Waals surface area (Å²) < 4.78 is 54.7. The van der Waals surface area contributed by atoms with Crippen molar-refractivity contribution in [3.8, 4) is 5.75 Å². The molecule has 0 saturated heterocycles. The Morgan fingerprint density at radius 3 is 2.74 bits per heavy atom. The van der Waals surface area contributed by atoms with Gasteiger partial charge >= 0.3 is 6.18 Å². The summed E-state index contributed by atoms with van der Waals surface area (Å²) >= 11 is 0. The van der Waals surface area contributed by atoms with Gasteiger partial charge in [0.15, 0.2) is 5.16 Å². The van der Waals surface area contributed by atoms with Crippen LogP contribution < -0.4 is 4.74 Å². The second kappa shape index (κ2) is 8.08. The van der Waals surface area contributed by atoms with Crippen LogP contribution in [0.1, 0.15) is 24.1 Å². The summed E-state index contributed by atoms with van der Waals surface area (Å²) in [7, 11) is -1.44. The number of nitrogens with one attached hydrogen (secondary N) is 1. The molecule has 3 rings (SSSR count). The number of benzene rings is 1. The van der Waals surface area contributed by atoms with Crippen molar-refractivity contribution in [2.45, 2.75) is 36.9 Å². The smallest absolute Gasteiger partial charge is 0.389 e. The molecule has 1 aromatic carbocycles. The SMILES string of the molecule is Cc1c(OCCCC(F)(F)F)ccnc1CS(=O)c1nc2ccccc2[nH]1. The molecule has 1 unspecified atom stereocenters. The third kappa shape index (κ3) is 5.06. The number of pyridine rings is 1. The molecule has 2 heterocycles. The molecule has 0 amide bonds. The maximum Gasteiger partial charge on any atom is 0.389 e. The zero-order valence-corrected chi connectivity index (χ0v) is 15.4. The van der Waals surface area contributed by atoms with E-state index < -0.39 is 23.4 Å². The minimum absolute atomic E-state index is 0.0452. The van der Waals surface area contributed by atoms with Crippen LogP contribution in [0.5, 0.6) is 5.75 Å². The number of hydrogen-bond acceptors (Lipinski definition) is 4. The highest BCUT2D eigenvalue weighted by Gasteiger charge is 2.26. The van der Waals surface area contributed by atoms with Crippen LogP contribution in [0.4, 0.5) is 13.2 Å². The average Bonchev–Trinajstić information content (AvgIpc) is 3.05. The van der Waals surface area contributed by atoms with E-state index in [2.05, 4.69) is 15.0 Å². The Kier molecular flexibility index (Phi) is 5.79. The van der Waals surface area contributed by atoms with Crippen LogP contribution >= 0.6 is 0 Å². The number of H-pyrrole nitrogens is 1. The molecule has 1 N–H and O–H groups in total. The van der Waals surface area contributed by atoms with Gasteiger partial charge in [-0.3, -0.25) is 9.19 Å². The quantitative estimate of drug-likeness (QED) is 0.604. The number of aromatic nitrogens is 3. The minimum Gasteiger partial charge on any atom is -0.493 e. The first-order valence-electron chi connectivity index (χ1n) is 8.30. The minimum atomic E-state index is -4.19. The Labute approximate surface area is 156 Å². The van der Waals surface area contributed by atoms with Gasteiger partial charge < -0.3 is 9.72 Å². The van der Waals surface area contributed by atoms with Crippen LogP contribution in [-0.4, -0.2) is 31.9 Å². The zero-order chi connectivity index (χ0) is 19.4. The normalized spacial score (nSPS) is 13.0. The van der Waals surface area contributed by atoms with E-state index in [0.717, 1.165) is 11.0 Å². The van der Waals surface area contributed by atoms with Crippen molar-refractivity contribution < 1.29 is 22.1 Å². The van der Waals surface area contributed by atoms with Gasteiger partial charge in [-0.1, -0.05) is 12.1 Å². The van der Waals surface area contributed by atoms with Crippen molar-refractivity contribution in [1.29, 1.82) is 0 Å². The summed E-state index contributed by atoms with van der Waals surface area (Å²) in [5, 5.41) is 0.355. The number of ether oxygens (including phenoxy) is 1. The van der Waals surface area contributed by atoms with Gasteiger partial charge in [0.1, 0.15) is 5.75 Å². The number of fused-ring (bicyclic) bond motifs is 1. The van der Waals surface area contributed by atoms with Crippen molar-refractivity contribution in [1.82, 2.24) is 15.0 Å². The Bertz CT molecular complexity index is 923. The lowest BCUT2D eigenvalue weighted by Crippen LogP contribution is -2.10. The molecule has 0 aliphatic carbocycles. The molecule has 0 fully saturated rings. The third-order valence-electron chi connectivity index (χ3n) is 3.97. The maximum absolute atomic E-state index is 12.6. The topological polar surface area (TPSA) is 67.9 Å². The number of imidazole rings is 1. The van der Waals surface area contributed by atoms with Crippen molar-refractivity contribution >= 4 is 21.8 Å². The van der Waals surface area contributed by atoms with Crippen molar-refractivity contribution in [3.05, 3.63) is 47.8 Å². The third-order valence-corrected chi connectivity index (χ3v) is 5.13. The predicted molar refractivity (Wildman–Crippen MR) is 96.0 cm³/mol. The molecule has 0 saturated carbocycles. The van der Waals surface area contributed by atoms with Gasteiger partial charge in [0, 0.05) is 18.2 Å². The Morgan fingerprint density at radius 1 is 1.22 bits per heavy atom. The lowest BCUT2D eigenvalue weighted by molar-refractivity contribution is -0.136. The van der Waals surface area contributed by atoms with Crippen LogP contribution in [0.2, 0.25) is 0 Å². The fraction of sp³-hybridized carbons (Fsp3) is 0.333. The van der Waals surface area contributed by atoms with Crippen molar-refractivity contribution in [3.63, 3.8) is 0 Å². The molecule has 1 atom stereocenters. The van der Waals surface area contributed by atoms with E-state index in [0.29, 0.717) is 22.2 Å². The number of alkyl halides is 3. The van der Waals surface area contributed by atoms with Crippen LogP contribution in [0, 0.1) is 6.92 Å². The first-order chi connectivity index (χ1) is 12.8. The Balaban J connectivity index is 1.67. The van der Waals surface area contributed by atoms with Crippen molar-refractivity contribution in [2.24, 2.45) is 0 Å². The molecular formula is C18H18F3N3O2S. The van der Waals surface area contributed by atoms with Gasteiger partial charge in [-0.15, -0.1) is 0 Å². The monoisotopic (exact) mass is 397 g/mol. The number of para-hydroxylation sites is 2. The van der Waals surface area contributed by atoms with E-state index in [4.69, 9.17) is 4.74 Å². The number of rotatable bonds is 7. The summed E-state index contributed by atoms with van der Waals surface area (Å²) in [5.41, 5.74) is 2.75. The van der Waals surface area contributed by atoms with Gasteiger partial charge in [-0.05, 0) is 31.5 Å². The van der Waals surface area contributed by atoms with Crippen LogP contribution in [0.3, 0.4) is 0 Å². The largest absolute Gasteiger partial charge is 0.493 e. The van der Waals surface area contributed by atoms with Crippen LogP contribution in [0.25, 0.3) is 11.0 Å². The summed E-state index contributed by atoms with van der Waals surface area (Å²) in [4.78, 5) is 11.6. The highest BCUT2D eigenvalue weighted by molar-refractivity contribution is 7.84. The lowest BCUT2D eigenvalue weighted by atomic mass is 10.2. The molecule has 0 radical (unpaired) electrons. The zero-order valence-electron chi connectivity index (χ0n) is 14.5. The summed E-state index contributed by atoms with van der Waals surface area (Å²) in [6.45, 7) is 1.70. The van der Waals surface area contributed by atoms with Gasteiger partial charge in [-0.2, -0.15) is 13.2 Å². The standard InChI is InChI=1S/C18H18F3N3O2S/c1-12-15(22-9-7-16(12)26-10-4-8-18(19,20)21)11-27(25)17-23-13-5-2-3-6-14(13)24-17/h2-3,5-7,9H,4,8,10-11H2,1H3,(H,23,24). The van der Waals surface area contributed by atoms with E-state index in [1.165, 1.54) is 6.20 Å². The van der Waals surface area contributed by atoms with E-state index in [1.807, 2.05) is 24.3 Å². The molecule has 0 bridgehead atoms. The maximum atomic E-state index is 12.6. The molecule has 2 aromatic heterocycles. The highest BCUT2D eigenvalue weighted by Crippen LogP contribution is 2.24. The molecule has 144 valence electrons. The molecule has 27 heavy (non-hydrogen) atoms. The lowest BCUT2D eigenvalue weighted by Gasteiger charge is -2.12. The van der Waals surface area contributed by atoms with Gasteiger partial charge in [0.25, 0.3) is 0 Å². The van der Waals surface area contributed by atoms with Gasteiger partial charge in [0.2, 0.25) is 0 Å². The molecule has 0 aliphatic heterocycles. The summed E-state index contributed by atoms with van der Waals surface area (Å²) in [5.74, 6) is 0.578. The first kappa shape index (κ1) is 19.3. The first-order valence-corrected chi connectivity index (χ1v) is 9.62. The van der Waals surface area contributed by atoms with E-state index >= 15 is 0 Å². The second-order valence-corrected chi connectivity index (χ2v) is 7.36. The molecule has 9 heteroatoms. The average molecular weight is 397 g/mol.